The maximum absolute atomic E-state index is 12.7. The molecule has 1 aromatic carbocycles. The molecule has 0 bridgehead atoms. The predicted molar refractivity (Wildman–Crippen MR) is 95.2 cm³/mol. The van der Waals surface area contributed by atoms with Gasteiger partial charge in [-0.3, -0.25) is 4.79 Å². The summed E-state index contributed by atoms with van der Waals surface area (Å²) in [5.74, 6) is 1.65. The van der Waals surface area contributed by atoms with Crippen LogP contribution in [0.25, 0.3) is 11.6 Å². The molecule has 140 valence electrons. The Labute approximate surface area is 155 Å². The van der Waals surface area contributed by atoms with Crippen molar-refractivity contribution in [1.29, 1.82) is 0 Å². The van der Waals surface area contributed by atoms with Crippen LogP contribution in [0.15, 0.2) is 35.0 Å². The van der Waals surface area contributed by atoms with Crippen molar-refractivity contribution < 1.29 is 14.1 Å². The summed E-state index contributed by atoms with van der Waals surface area (Å²) >= 11 is 0. The normalized spacial score (nSPS) is 16.7. The molecule has 9 heteroatoms. The third-order valence-electron chi connectivity index (χ3n) is 4.66. The average molecular weight is 368 g/mol. The van der Waals surface area contributed by atoms with Gasteiger partial charge in [0.15, 0.2) is 11.5 Å². The van der Waals surface area contributed by atoms with Crippen LogP contribution in [0.3, 0.4) is 0 Å². The number of benzene rings is 1. The first-order valence-corrected chi connectivity index (χ1v) is 8.86. The van der Waals surface area contributed by atoms with Gasteiger partial charge in [-0.05, 0) is 24.6 Å². The lowest BCUT2D eigenvalue weighted by Crippen LogP contribution is -2.29. The highest BCUT2D eigenvalue weighted by Gasteiger charge is 2.29. The molecule has 0 aliphatic carbocycles. The van der Waals surface area contributed by atoms with Crippen molar-refractivity contribution in [1.82, 2.24) is 30.0 Å². The number of likely N-dealkylation sites (tertiary alicyclic amines) is 1. The minimum atomic E-state index is -0.0128. The largest absolute Gasteiger partial charge is 0.497 e. The van der Waals surface area contributed by atoms with Crippen LogP contribution in [0.1, 0.15) is 35.6 Å². The van der Waals surface area contributed by atoms with Crippen molar-refractivity contribution in [3.63, 3.8) is 0 Å². The molecule has 4 rings (SSSR count). The van der Waals surface area contributed by atoms with Crippen molar-refractivity contribution in [3.05, 3.63) is 41.9 Å². The first-order chi connectivity index (χ1) is 13.2. The number of hydrogen-bond donors (Lipinski definition) is 0. The maximum Gasteiger partial charge on any atom is 0.280 e. The molecule has 3 aromatic rings. The zero-order valence-electron chi connectivity index (χ0n) is 15.2. The lowest BCUT2D eigenvalue weighted by molar-refractivity contribution is 0.0786. The Morgan fingerprint density at radius 1 is 1.41 bits per heavy atom. The fourth-order valence-corrected chi connectivity index (χ4v) is 3.14. The molecular formula is C18H20N6O3. The Bertz CT molecular complexity index is 950. The molecule has 0 saturated carbocycles. The van der Waals surface area contributed by atoms with Crippen molar-refractivity contribution >= 4 is 5.91 Å². The summed E-state index contributed by atoms with van der Waals surface area (Å²) in [6.07, 6.45) is 3.29. The van der Waals surface area contributed by atoms with Gasteiger partial charge in [0, 0.05) is 25.1 Å². The minimum absolute atomic E-state index is 0.0128. The van der Waals surface area contributed by atoms with E-state index in [-0.39, 0.29) is 11.9 Å². The average Bonchev–Trinajstić information content (AvgIpc) is 3.46. The van der Waals surface area contributed by atoms with E-state index in [1.807, 2.05) is 24.0 Å². The van der Waals surface area contributed by atoms with E-state index < -0.39 is 0 Å². The molecule has 9 nitrogen and oxygen atoms in total. The Morgan fingerprint density at radius 3 is 3.07 bits per heavy atom. The summed E-state index contributed by atoms with van der Waals surface area (Å²) < 4.78 is 12.2. The van der Waals surface area contributed by atoms with Crippen LogP contribution in [0.5, 0.6) is 5.75 Å². The molecule has 27 heavy (non-hydrogen) atoms. The standard InChI is InChI=1S/C18H20N6O3/c1-3-16-19-17(27-21-16)15-11-24(22-20-15)13-7-8-23(10-13)18(25)12-5-4-6-14(9-12)26-2/h4-6,9,11,13H,3,7-8,10H2,1-2H3/t13-/m0/s1. The van der Waals surface area contributed by atoms with E-state index in [4.69, 9.17) is 9.26 Å². The second kappa shape index (κ2) is 7.18. The molecule has 0 spiro atoms. The van der Waals surface area contributed by atoms with Gasteiger partial charge in [-0.1, -0.05) is 23.4 Å². The third-order valence-corrected chi connectivity index (χ3v) is 4.66. The van der Waals surface area contributed by atoms with Gasteiger partial charge in [0.2, 0.25) is 0 Å². The molecule has 1 aliphatic rings. The number of ether oxygens (including phenoxy) is 1. The van der Waals surface area contributed by atoms with E-state index in [0.29, 0.717) is 48.2 Å². The van der Waals surface area contributed by atoms with E-state index in [9.17, 15) is 4.79 Å². The second-order valence-electron chi connectivity index (χ2n) is 6.38. The minimum Gasteiger partial charge on any atom is -0.497 e. The molecule has 2 aromatic heterocycles. The van der Waals surface area contributed by atoms with E-state index >= 15 is 0 Å². The topological polar surface area (TPSA) is 99.2 Å². The smallest absolute Gasteiger partial charge is 0.280 e. The van der Waals surface area contributed by atoms with Gasteiger partial charge in [0.05, 0.1) is 19.3 Å². The van der Waals surface area contributed by atoms with Gasteiger partial charge in [0.1, 0.15) is 5.75 Å². The SMILES string of the molecule is CCc1noc(-c2cn([C@H]3CCN(C(=O)c4cccc(OC)c4)C3)nn2)n1. The Kier molecular flexibility index (Phi) is 4.57. The number of hydrogen-bond acceptors (Lipinski definition) is 7. The van der Waals surface area contributed by atoms with E-state index in [0.717, 1.165) is 6.42 Å². The molecule has 1 atom stereocenters. The number of carbonyl (C=O) groups excluding carboxylic acids is 1. The molecule has 1 aliphatic heterocycles. The van der Waals surface area contributed by atoms with Gasteiger partial charge >= 0.3 is 0 Å². The first kappa shape index (κ1) is 17.2. The molecule has 1 saturated heterocycles. The molecule has 0 unspecified atom stereocenters. The molecular weight excluding hydrogens is 348 g/mol. The van der Waals surface area contributed by atoms with Gasteiger partial charge in [0.25, 0.3) is 11.8 Å². The highest BCUT2D eigenvalue weighted by atomic mass is 16.5. The van der Waals surface area contributed by atoms with Crippen LogP contribution < -0.4 is 4.74 Å². The lowest BCUT2D eigenvalue weighted by Gasteiger charge is -2.17. The highest BCUT2D eigenvalue weighted by Crippen LogP contribution is 2.25. The predicted octanol–water partition coefficient (Wildman–Crippen LogP) is 1.99. The van der Waals surface area contributed by atoms with Gasteiger partial charge in [-0.2, -0.15) is 4.98 Å². The number of nitrogens with zero attached hydrogens (tertiary/aromatic N) is 6. The molecule has 0 N–H and O–H groups in total. The molecule has 3 heterocycles. The lowest BCUT2D eigenvalue weighted by atomic mass is 10.2. The van der Waals surface area contributed by atoms with Crippen molar-refractivity contribution in [2.45, 2.75) is 25.8 Å². The fourth-order valence-electron chi connectivity index (χ4n) is 3.14. The number of methoxy groups -OCH3 is 1. The first-order valence-electron chi connectivity index (χ1n) is 8.86. The van der Waals surface area contributed by atoms with Crippen molar-refractivity contribution in [2.24, 2.45) is 0 Å². The monoisotopic (exact) mass is 368 g/mol. The summed E-state index contributed by atoms with van der Waals surface area (Å²) in [7, 11) is 1.59. The summed E-state index contributed by atoms with van der Waals surface area (Å²) in [5.41, 5.74) is 1.16. The quantitative estimate of drug-likeness (QED) is 0.679. The number of rotatable bonds is 5. The van der Waals surface area contributed by atoms with Crippen LogP contribution in [-0.2, 0) is 6.42 Å². The maximum atomic E-state index is 12.7. The van der Waals surface area contributed by atoms with Crippen LogP contribution in [0, 0.1) is 0 Å². The van der Waals surface area contributed by atoms with Crippen molar-refractivity contribution in [3.8, 4) is 17.3 Å². The zero-order valence-corrected chi connectivity index (χ0v) is 15.2. The summed E-state index contributed by atoms with van der Waals surface area (Å²) in [4.78, 5) is 18.8. The zero-order chi connectivity index (χ0) is 18.8. The van der Waals surface area contributed by atoms with E-state index in [1.165, 1.54) is 0 Å². The number of amides is 1. The van der Waals surface area contributed by atoms with Crippen LogP contribution in [0.4, 0.5) is 0 Å². The number of aryl methyl sites for hydroxylation is 1. The van der Waals surface area contributed by atoms with Crippen LogP contribution in [-0.4, -0.2) is 56.1 Å². The molecule has 1 fully saturated rings. The highest BCUT2D eigenvalue weighted by molar-refractivity contribution is 5.94. The van der Waals surface area contributed by atoms with Gasteiger partial charge < -0.3 is 14.2 Å². The molecule has 1 amide bonds. The number of aromatic nitrogens is 5. The Morgan fingerprint density at radius 2 is 2.30 bits per heavy atom. The van der Waals surface area contributed by atoms with Crippen molar-refractivity contribution in [2.75, 3.05) is 20.2 Å². The third kappa shape index (κ3) is 3.40. The van der Waals surface area contributed by atoms with Crippen LogP contribution in [0.2, 0.25) is 0 Å². The van der Waals surface area contributed by atoms with E-state index in [1.54, 1.807) is 30.1 Å². The Balaban J connectivity index is 1.45. The van der Waals surface area contributed by atoms with Crippen LogP contribution >= 0.6 is 0 Å². The van der Waals surface area contributed by atoms with Gasteiger partial charge in [-0.15, -0.1) is 5.10 Å². The van der Waals surface area contributed by atoms with E-state index in [2.05, 4.69) is 20.5 Å². The summed E-state index contributed by atoms with van der Waals surface area (Å²) in [6, 6.07) is 7.26. The molecule has 0 radical (unpaired) electrons. The second-order valence-corrected chi connectivity index (χ2v) is 6.38. The summed E-state index contributed by atoms with van der Waals surface area (Å²) in [5, 5.41) is 12.2. The fraction of sp³-hybridized carbons (Fsp3) is 0.389. The number of carbonyl (C=O) groups is 1. The van der Waals surface area contributed by atoms with Gasteiger partial charge in [-0.25, -0.2) is 4.68 Å². The summed E-state index contributed by atoms with van der Waals surface area (Å²) in [6.45, 7) is 3.19. The Hall–Kier alpha value is -3.23.